The highest BCUT2D eigenvalue weighted by molar-refractivity contribution is 7.98. The summed E-state index contributed by atoms with van der Waals surface area (Å²) in [5.41, 5.74) is 3.10. The third-order valence-corrected chi connectivity index (χ3v) is 5.19. The molecule has 4 nitrogen and oxygen atoms in total. The Morgan fingerprint density at radius 3 is 2.80 bits per heavy atom. The van der Waals surface area contributed by atoms with Crippen LogP contribution in [0.25, 0.3) is 0 Å². The molecule has 2 heterocycles. The van der Waals surface area contributed by atoms with E-state index in [0.29, 0.717) is 6.54 Å². The van der Waals surface area contributed by atoms with Crippen LogP contribution in [0.15, 0.2) is 48.8 Å². The van der Waals surface area contributed by atoms with Crippen molar-refractivity contribution < 1.29 is 4.79 Å². The quantitative estimate of drug-likeness (QED) is 0.865. The lowest BCUT2D eigenvalue weighted by Crippen LogP contribution is -2.48. The lowest BCUT2D eigenvalue weighted by molar-refractivity contribution is 0.0634. The molecule has 0 bridgehead atoms. The van der Waals surface area contributed by atoms with Crippen LogP contribution in [0.1, 0.15) is 34.5 Å². The summed E-state index contributed by atoms with van der Waals surface area (Å²) >= 11 is 1.89. The van der Waals surface area contributed by atoms with Gasteiger partial charge in [-0.2, -0.15) is 11.8 Å². The van der Waals surface area contributed by atoms with Gasteiger partial charge >= 0.3 is 0 Å². The van der Waals surface area contributed by atoms with Crippen molar-refractivity contribution in [2.75, 3.05) is 25.4 Å². The molecule has 6 heteroatoms. The van der Waals surface area contributed by atoms with Crippen molar-refractivity contribution in [3.8, 4) is 0 Å². The van der Waals surface area contributed by atoms with Gasteiger partial charge in [-0.3, -0.25) is 9.78 Å². The number of pyridine rings is 1. The van der Waals surface area contributed by atoms with Gasteiger partial charge < -0.3 is 10.2 Å². The van der Waals surface area contributed by atoms with E-state index in [9.17, 15) is 4.79 Å². The summed E-state index contributed by atoms with van der Waals surface area (Å²) in [6, 6.07) is 12.0. The smallest absolute Gasteiger partial charge is 0.254 e. The fraction of sp³-hybridized carbons (Fsp3) is 0.368. The van der Waals surface area contributed by atoms with Gasteiger partial charge in [0.15, 0.2) is 0 Å². The summed E-state index contributed by atoms with van der Waals surface area (Å²) in [7, 11) is 0. The van der Waals surface area contributed by atoms with Gasteiger partial charge in [0.25, 0.3) is 5.91 Å². The Morgan fingerprint density at radius 1 is 1.32 bits per heavy atom. The van der Waals surface area contributed by atoms with Crippen LogP contribution in [0.4, 0.5) is 0 Å². The first kappa shape index (κ1) is 19.8. The summed E-state index contributed by atoms with van der Waals surface area (Å²) in [4.78, 5) is 19.1. The molecular formula is C19H24ClN3OS. The molecule has 0 saturated carbocycles. The third-order valence-electron chi connectivity index (χ3n) is 4.25. The van der Waals surface area contributed by atoms with E-state index >= 15 is 0 Å². The molecule has 0 aliphatic carbocycles. The monoisotopic (exact) mass is 377 g/mol. The van der Waals surface area contributed by atoms with Crippen LogP contribution in [0.3, 0.4) is 0 Å². The van der Waals surface area contributed by atoms with E-state index in [-0.39, 0.29) is 24.4 Å². The van der Waals surface area contributed by atoms with Gasteiger partial charge in [0.2, 0.25) is 0 Å². The number of piperazine rings is 1. The second-order valence-corrected chi connectivity index (χ2v) is 7.11. The Bertz CT molecular complexity index is 666. The van der Waals surface area contributed by atoms with Gasteiger partial charge in [0, 0.05) is 43.3 Å². The number of amides is 1. The summed E-state index contributed by atoms with van der Waals surface area (Å²) in [5.74, 6) is 2.20. The van der Waals surface area contributed by atoms with Gasteiger partial charge in [0.05, 0.1) is 6.04 Å². The Morgan fingerprint density at radius 2 is 2.12 bits per heavy atom. The number of aromatic nitrogens is 1. The van der Waals surface area contributed by atoms with E-state index in [2.05, 4.69) is 29.4 Å². The molecule has 1 fully saturated rings. The number of nitrogens with zero attached hydrogens (tertiary/aromatic N) is 2. The Labute approximate surface area is 159 Å². The highest BCUT2D eigenvalue weighted by Crippen LogP contribution is 2.24. The number of rotatable bonds is 5. The molecule has 1 aliphatic rings. The van der Waals surface area contributed by atoms with Crippen molar-refractivity contribution in [1.82, 2.24) is 15.2 Å². The lowest BCUT2D eigenvalue weighted by atomic mass is 10.0. The number of thioether (sulfide) groups is 1. The van der Waals surface area contributed by atoms with Crippen LogP contribution in [0.5, 0.6) is 0 Å². The Balaban J connectivity index is 0.00000225. The summed E-state index contributed by atoms with van der Waals surface area (Å²) in [5, 5.41) is 3.38. The van der Waals surface area contributed by atoms with Crippen LogP contribution < -0.4 is 5.32 Å². The molecule has 1 atom stereocenters. The molecule has 3 rings (SSSR count). The zero-order chi connectivity index (χ0) is 16.8. The molecule has 1 amide bonds. The van der Waals surface area contributed by atoms with Crippen LogP contribution in [0, 0.1) is 0 Å². The van der Waals surface area contributed by atoms with Crippen LogP contribution in [-0.2, 0) is 5.75 Å². The highest BCUT2D eigenvalue weighted by atomic mass is 35.5. The van der Waals surface area contributed by atoms with E-state index in [1.165, 1.54) is 5.56 Å². The van der Waals surface area contributed by atoms with Gasteiger partial charge in [0.1, 0.15) is 0 Å². The van der Waals surface area contributed by atoms with Gasteiger partial charge in [-0.1, -0.05) is 25.1 Å². The molecule has 1 N–H and O–H groups in total. The van der Waals surface area contributed by atoms with E-state index in [4.69, 9.17) is 0 Å². The van der Waals surface area contributed by atoms with Gasteiger partial charge in [-0.15, -0.1) is 12.4 Å². The Kier molecular flexibility index (Phi) is 7.75. The Hall–Kier alpha value is -1.56. The van der Waals surface area contributed by atoms with Crippen molar-refractivity contribution in [3.05, 3.63) is 65.5 Å². The maximum absolute atomic E-state index is 13.0. The first-order valence-corrected chi connectivity index (χ1v) is 9.53. The van der Waals surface area contributed by atoms with E-state index in [0.717, 1.165) is 35.7 Å². The molecule has 1 aliphatic heterocycles. The number of carbonyl (C=O) groups excluding carboxylic acids is 1. The molecule has 2 aromatic rings. The number of nitrogens with one attached hydrogen (secondary N) is 1. The standard InChI is InChI=1S/C19H23N3OS.ClH/c1-2-24-14-15-5-7-16(8-6-15)19(23)22-11-10-21-13-18(22)17-4-3-9-20-12-17;/h3-9,12,18,21H,2,10-11,13-14H2,1H3;1H. The number of hydrogen-bond donors (Lipinski definition) is 1. The minimum Gasteiger partial charge on any atom is -0.329 e. The van der Waals surface area contributed by atoms with Crippen molar-refractivity contribution in [3.63, 3.8) is 0 Å². The zero-order valence-electron chi connectivity index (χ0n) is 14.4. The fourth-order valence-corrected chi connectivity index (χ4v) is 3.58. The lowest BCUT2D eigenvalue weighted by Gasteiger charge is -2.36. The second-order valence-electron chi connectivity index (χ2n) is 5.84. The van der Waals surface area contributed by atoms with E-state index in [1.54, 1.807) is 6.20 Å². The maximum Gasteiger partial charge on any atom is 0.254 e. The second kappa shape index (κ2) is 9.80. The fourth-order valence-electron chi connectivity index (χ4n) is 2.95. The number of halogens is 1. The van der Waals surface area contributed by atoms with Crippen LogP contribution >= 0.6 is 24.2 Å². The molecular weight excluding hydrogens is 354 g/mol. The van der Waals surface area contributed by atoms with Crippen LogP contribution in [0.2, 0.25) is 0 Å². The molecule has 1 saturated heterocycles. The highest BCUT2D eigenvalue weighted by Gasteiger charge is 2.28. The first-order chi connectivity index (χ1) is 11.8. The third kappa shape index (κ3) is 4.97. The predicted molar refractivity (Wildman–Crippen MR) is 106 cm³/mol. The van der Waals surface area contributed by atoms with Crippen molar-refractivity contribution in [2.45, 2.75) is 18.7 Å². The molecule has 1 aromatic heterocycles. The van der Waals surface area contributed by atoms with Crippen molar-refractivity contribution >= 4 is 30.1 Å². The molecule has 1 unspecified atom stereocenters. The van der Waals surface area contributed by atoms with Crippen molar-refractivity contribution in [2.24, 2.45) is 0 Å². The summed E-state index contributed by atoms with van der Waals surface area (Å²) in [6.45, 7) is 4.47. The zero-order valence-corrected chi connectivity index (χ0v) is 16.0. The SMILES string of the molecule is CCSCc1ccc(C(=O)N2CCNCC2c2cccnc2)cc1.Cl. The van der Waals surface area contributed by atoms with E-state index in [1.807, 2.05) is 47.1 Å². The number of carbonyl (C=O) groups is 1. The minimum absolute atomic E-state index is 0. The van der Waals surface area contributed by atoms with Crippen LogP contribution in [-0.4, -0.2) is 41.2 Å². The topological polar surface area (TPSA) is 45.2 Å². The van der Waals surface area contributed by atoms with Gasteiger partial charge in [-0.25, -0.2) is 0 Å². The summed E-state index contributed by atoms with van der Waals surface area (Å²) < 4.78 is 0. The largest absolute Gasteiger partial charge is 0.329 e. The molecule has 0 radical (unpaired) electrons. The predicted octanol–water partition coefficient (Wildman–Crippen LogP) is 3.54. The molecule has 25 heavy (non-hydrogen) atoms. The number of hydrogen-bond acceptors (Lipinski definition) is 4. The number of benzene rings is 1. The van der Waals surface area contributed by atoms with E-state index < -0.39 is 0 Å². The summed E-state index contributed by atoms with van der Waals surface area (Å²) in [6.07, 6.45) is 3.61. The average Bonchev–Trinajstić information content (AvgIpc) is 2.67. The first-order valence-electron chi connectivity index (χ1n) is 8.38. The van der Waals surface area contributed by atoms with Crippen molar-refractivity contribution in [1.29, 1.82) is 0 Å². The normalized spacial score (nSPS) is 17.0. The molecule has 1 aromatic carbocycles. The minimum atomic E-state index is 0. The van der Waals surface area contributed by atoms with Gasteiger partial charge in [-0.05, 0) is 35.1 Å². The molecule has 0 spiro atoms. The molecule has 134 valence electrons. The maximum atomic E-state index is 13.0. The average molecular weight is 378 g/mol.